The predicted molar refractivity (Wildman–Crippen MR) is 123 cm³/mol. The van der Waals surface area contributed by atoms with Crippen LogP contribution >= 0.6 is 11.3 Å². The van der Waals surface area contributed by atoms with Gasteiger partial charge in [-0.05, 0) is 53.6 Å². The van der Waals surface area contributed by atoms with Crippen LogP contribution < -0.4 is 10.1 Å². The van der Waals surface area contributed by atoms with E-state index in [0.717, 1.165) is 5.56 Å². The molecular formula is C25H26N2O3S. The molecule has 0 spiro atoms. The normalized spacial score (nSPS) is 18.1. The molecule has 3 aromatic rings. The van der Waals surface area contributed by atoms with E-state index < -0.39 is 5.41 Å². The number of benzene rings is 2. The Morgan fingerprint density at radius 3 is 2.61 bits per heavy atom. The fourth-order valence-electron chi connectivity index (χ4n) is 4.28. The average Bonchev–Trinajstić information content (AvgIpc) is 3.50. The van der Waals surface area contributed by atoms with Crippen LogP contribution in [0.3, 0.4) is 0 Å². The Bertz CT molecular complexity index is 1060. The third kappa shape index (κ3) is 4.35. The predicted octanol–water partition coefficient (Wildman–Crippen LogP) is 4.24. The molecule has 0 saturated carbocycles. The maximum absolute atomic E-state index is 13.1. The van der Waals surface area contributed by atoms with Crippen LogP contribution in [0.5, 0.6) is 5.75 Å². The number of hydrogen-bond acceptors (Lipinski definition) is 4. The maximum Gasteiger partial charge on any atom is 0.254 e. The summed E-state index contributed by atoms with van der Waals surface area (Å²) in [5, 5.41) is 4.89. The van der Waals surface area contributed by atoms with Crippen LogP contribution in [0.2, 0.25) is 0 Å². The third-order valence-corrected chi connectivity index (χ3v) is 6.89. The van der Waals surface area contributed by atoms with Gasteiger partial charge in [0.25, 0.3) is 5.91 Å². The van der Waals surface area contributed by atoms with E-state index in [4.69, 9.17) is 4.74 Å². The summed E-state index contributed by atoms with van der Waals surface area (Å²) in [4.78, 5) is 29.0. The molecule has 1 saturated heterocycles. The average molecular weight is 435 g/mol. The van der Waals surface area contributed by atoms with Crippen LogP contribution in [0.25, 0.3) is 10.4 Å². The van der Waals surface area contributed by atoms with E-state index in [-0.39, 0.29) is 11.8 Å². The second-order valence-electron chi connectivity index (χ2n) is 7.92. The van der Waals surface area contributed by atoms with Crippen LogP contribution in [-0.2, 0) is 11.2 Å². The molecule has 6 heteroatoms. The van der Waals surface area contributed by atoms with Crippen molar-refractivity contribution in [3.8, 4) is 16.2 Å². The topological polar surface area (TPSA) is 58.6 Å². The van der Waals surface area contributed by atoms with E-state index in [2.05, 4.69) is 41.0 Å². The molecule has 1 N–H and O–H groups in total. The highest BCUT2D eigenvalue weighted by molar-refractivity contribution is 7.13. The Morgan fingerprint density at radius 2 is 1.94 bits per heavy atom. The number of thiophene rings is 1. The molecule has 1 fully saturated rings. The first-order valence-corrected chi connectivity index (χ1v) is 11.2. The SMILES string of the molecule is CNC(=O)[C@@]1(Cc2ccc(-c3cccs3)cc2)CCN(C(=O)c2cccc(OC)c2)C1. The third-order valence-electron chi connectivity index (χ3n) is 5.97. The van der Waals surface area contributed by atoms with Gasteiger partial charge in [-0.15, -0.1) is 11.3 Å². The fourth-order valence-corrected chi connectivity index (χ4v) is 5.01. The van der Waals surface area contributed by atoms with E-state index >= 15 is 0 Å². The van der Waals surface area contributed by atoms with Crippen molar-refractivity contribution in [2.24, 2.45) is 5.41 Å². The van der Waals surface area contributed by atoms with Crippen LogP contribution in [-0.4, -0.2) is 44.0 Å². The Kier molecular flexibility index (Phi) is 6.09. The van der Waals surface area contributed by atoms with Crippen molar-refractivity contribution in [2.45, 2.75) is 12.8 Å². The van der Waals surface area contributed by atoms with Crippen LogP contribution in [0.1, 0.15) is 22.3 Å². The molecule has 0 bridgehead atoms. The molecular weight excluding hydrogens is 408 g/mol. The zero-order chi connectivity index (χ0) is 21.8. The summed E-state index contributed by atoms with van der Waals surface area (Å²) < 4.78 is 5.25. The smallest absolute Gasteiger partial charge is 0.254 e. The summed E-state index contributed by atoms with van der Waals surface area (Å²) >= 11 is 1.71. The van der Waals surface area contributed by atoms with Gasteiger partial charge in [0, 0.05) is 30.6 Å². The first-order valence-electron chi connectivity index (χ1n) is 10.3. The molecule has 2 aromatic carbocycles. The molecule has 0 aliphatic carbocycles. The lowest BCUT2D eigenvalue weighted by atomic mass is 9.79. The zero-order valence-corrected chi connectivity index (χ0v) is 18.6. The number of methoxy groups -OCH3 is 1. The molecule has 1 aliphatic rings. The monoisotopic (exact) mass is 434 g/mol. The standard InChI is InChI=1S/C25H26N2O3S/c1-26-24(29)25(16-18-8-10-19(11-9-18)22-7-4-14-31-22)12-13-27(17-25)23(28)20-5-3-6-21(15-20)30-2/h3-11,14-15H,12-13,16-17H2,1-2H3,(H,26,29)/t25-/m1/s1. The van der Waals surface area contributed by atoms with Gasteiger partial charge in [0.05, 0.1) is 12.5 Å². The summed E-state index contributed by atoms with van der Waals surface area (Å²) in [7, 11) is 3.25. The summed E-state index contributed by atoms with van der Waals surface area (Å²) in [6, 6.07) is 19.7. The second-order valence-corrected chi connectivity index (χ2v) is 8.87. The number of amides is 2. The van der Waals surface area contributed by atoms with E-state index in [1.165, 1.54) is 10.4 Å². The number of likely N-dealkylation sites (tertiary alicyclic amines) is 1. The summed E-state index contributed by atoms with van der Waals surface area (Å²) in [5.74, 6) is 0.557. The molecule has 0 unspecified atom stereocenters. The second kappa shape index (κ2) is 8.94. The van der Waals surface area contributed by atoms with Crippen molar-refractivity contribution >= 4 is 23.2 Å². The highest BCUT2D eigenvalue weighted by Crippen LogP contribution is 2.36. The van der Waals surface area contributed by atoms with Gasteiger partial charge < -0.3 is 15.0 Å². The van der Waals surface area contributed by atoms with E-state index in [9.17, 15) is 9.59 Å². The Morgan fingerprint density at radius 1 is 1.13 bits per heavy atom. The molecule has 0 radical (unpaired) electrons. The van der Waals surface area contributed by atoms with Gasteiger partial charge in [0.1, 0.15) is 5.75 Å². The van der Waals surface area contributed by atoms with Gasteiger partial charge in [-0.2, -0.15) is 0 Å². The van der Waals surface area contributed by atoms with Gasteiger partial charge in [0.15, 0.2) is 0 Å². The highest BCUT2D eigenvalue weighted by Gasteiger charge is 2.45. The van der Waals surface area contributed by atoms with Crippen LogP contribution in [0.15, 0.2) is 66.0 Å². The summed E-state index contributed by atoms with van der Waals surface area (Å²) in [5.41, 5.74) is 2.22. The first-order chi connectivity index (χ1) is 15.0. The number of nitrogens with zero attached hydrogens (tertiary/aromatic N) is 1. The minimum atomic E-state index is -0.631. The van der Waals surface area contributed by atoms with E-state index in [1.54, 1.807) is 42.5 Å². The Hall–Kier alpha value is -3.12. The van der Waals surface area contributed by atoms with E-state index in [1.807, 2.05) is 18.2 Å². The molecule has 31 heavy (non-hydrogen) atoms. The Balaban J connectivity index is 1.53. The fraction of sp³-hybridized carbons (Fsp3) is 0.280. The Labute approximate surface area is 186 Å². The summed E-state index contributed by atoms with van der Waals surface area (Å²) in [6.07, 6.45) is 1.23. The number of ether oxygens (including phenoxy) is 1. The molecule has 160 valence electrons. The van der Waals surface area contributed by atoms with Crippen molar-refractivity contribution in [3.63, 3.8) is 0 Å². The number of rotatable bonds is 6. The van der Waals surface area contributed by atoms with Crippen molar-refractivity contribution in [2.75, 3.05) is 27.2 Å². The van der Waals surface area contributed by atoms with Crippen molar-refractivity contribution in [1.29, 1.82) is 0 Å². The number of carbonyl (C=O) groups is 2. The minimum Gasteiger partial charge on any atom is -0.497 e. The molecule has 4 rings (SSSR count). The lowest BCUT2D eigenvalue weighted by Crippen LogP contribution is -2.44. The van der Waals surface area contributed by atoms with Crippen molar-refractivity contribution in [1.82, 2.24) is 10.2 Å². The van der Waals surface area contributed by atoms with Crippen LogP contribution in [0.4, 0.5) is 0 Å². The van der Waals surface area contributed by atoms with Gasteiger partial charge in [0.2, 0.25) is 5.91 Å². The van der Waals surface area contributed by atoms with Crippen LogP contribution in [0, 0.1) is 5.41 Å². The largest absolute Gasteiger partial charge is 0.497 e. The molecule has 1 aliphatic heterocycles. The molecule has 1 aromatic heterocycles. The summed E-state index contributed by atoms with van der Waals surface area (Å²) in [6.45, 7) is 0.951. The van der Waals surface area contributed by atoms with Crippen molar-refractivity contribution < 1.29 is 14.3 Å². The maximum atomic E-state index is 13.1. The minimum absolute atomic E-state index is 0.0178. The number of carbonyl (C=O) groups excluding carboxylic acids is 2. The quantitative estimate of drug-likeness (QED) is 0.631. The highest BCUT2D eigenvalue weighted by atomic mass is 32.1. The molecule has 5 nitrogen and oxygen atoms in total. The van der Waals surface area contributed by atoms with Gasteiger partial charge in [-0.3, -0.25) is 9.59 Å². The molecule has 2 amide bonds. The van der Waals surface area contributed by atoms with Gasteiger partial charge in [-0.1, -0.05) is 36.4 Å². The number of hydrogen-bond donors (Lipinski definition) is 1. The lowest BCUT2D eigenvalue weighted by molar-refractivity contribution is -0.129. The van der Waals surface area contributed by atoms with Gasteiger partial charge >= 0.3 is 0 Å². The molecule has 1 atom stereocenters. The van der Waals surface area contributed by atoms with Crippen molar-refractivity contribution in [3.05, 3.63) is 77.2 Å². The van der Waals surface area contributed by atoms with Gasteiger partial charge in [-0.25, -0.2) is 0 Å². The first kappa shape index (κ1) is 21.1. The lowest BCUT2D eigenvalue weighted by Gasteiger charge is -2.28. The van der Waals surface area contributed by atoms with E-state index in [0.29, 0.717) is 37.2 Å². The number of nitrogens with one attached hydrogen (secondary N) is 1. The zero-order valence-electron chi connectivity index (χ0n) is 17.8. The molecule has 2 heterocycles.